The monoisotopic (exact) mass is 246 g/mol. The van der Waals surface area contributed by atoms with Crippen molar-refractivity contribution in [3.63, 3.8) is 0 Å². The Morgan fingerprint density at radius 2 is 1.78 bits per heavy atom. The number of aromatic hydroxyl groups is 1. The van der Waals surface area contributed by atoms with E-state index in [-0.39, 0.29) is 0 Å². The Morgan fingerprint density at radius 1 is 1.11 bits per heavy atom. The molecular formula is C17H26O. The summed E-state index contributed by atoms with van der Waals surface area (Å²) < 4.78 is 0. The van der Waals surface area contributed by atoms with Crippen LogP contribution in [0.5, 0.6) is 5.75 Å². The molecule has 0 spiro atoms. The molecule has 0 aliphatic rings. The smallest absolute Gasteiger partial charge is 0.125 e. The minimum atomic E-state index is 0.372. The van der Waals surface area contributed by atoms with Crippen molar-refractivity contribution in [2.24, 2.45) is 0 Å². The Kier molecular flexibility index (Phi) is 6.56. The molecule has 0 fully saturated rings. The second kappa shape index (κ2) is 7.97. The first-order valence-corrected chi connectivity index (χ1v) is 7.14. The Hall–Kier alpha value is -1.24. The summed E-state index contributed by atoms with van der Waals surface area (Å²) in [7, 11) is 0. The first kappa shape index (κ1) is 14.8. The third-order valence-corrected chi connectivity index (χ3v) is 3.43. The van der Waals surface area contributed by atoms with Gasteiger partial charge in [0.05, 0.1) is 0 Å². The number of aryl methyl sites for hydroxylation is 2. The van der Waals surface area contributed by atoms with E-state index in [1.54, 1.807) is 6.08 Å². The third-order valence-electron chi connectivity index (χ3n) is 3.43. The fourth-order valence-corrected chi connectivity index (χ4v) is 2.29. The average molecular weight is 246 g/mol. The highest BCUT2D eigenvalue weighted by molar-refractivity contribution is 5.59. The van der Waals surface area contributed by atoms with E-state index in [1.165, 1.54) is 44.1 Å². The summed E-state index contributed by atoms with van der Waals surface area (Å²) in [6.07, 6.45) is 10.8. The number of phenols is 1. The van der Waals surface area contributed by atoms with Crippen LogP contribution in [-0.2, 0) is 6.42 Å². The average Bonchev–Trinajstić information content (AvgIpc) is 2.37. The predicted molar refractivity (Wildman–Crippen MR) is 80.0 cm³/mol. The van der Waals surface area contributed by atoms with Gasteiger partial charge in [0, 0.05) is 5.56 Å². The van der Waals surface area contributed by atoms with Crippen LogP contribution in [0.1, 0.15) is 62.1 Å². The molecule has 0 aliphatic heterocycles. The van der Waals surface area contributed by atoms with Gasteiger partial charge in [-0.2, -0.15) is 0 Å². The molecule has 0 radical (unpaired) electrons. The summed E-state index contributed by atoms with van der Waals surface area (Å²) in [4.78, 5) is 0. The second-order valence-corrected chi connectivity index (χ2v) is 5.07. The molecule has 0 bridgehead atoms. The molecule has 0 atom stereocenters. The van der Waals surface area contributed by atoms with Crippen molar-refractivity contribution in [3.8, 4) is 5.75 Å². The molecule has 0 heterocycles. The van der Waals surface area contributed by atoms with Gasteiger partial charge in [0.25, 0.3) is 0 Å². The van der Waals surface area contributed by atoms with E-state index in [1.807, 2.05) is 6.92 Å². The molecule has 1 rings (SSSR count). The van der Waals surface area contributed by atoms with Crippen molar-refractivity contribution in [1.82, 2.24) is 0 Å². The standard InChI is InChI=1S/C17H26O/c1-4-6-7-8-9-10-11-15-12-14(3)17(18)16(5-2)13-15/h5,12-13,18H,2,4,6-11H2,1,3H3. The number of phenolic OH excluding ortho intramolecular Hbond substituents is 1. The van der Waals surface area contributed by atoms with Gasteiger partial charge < -0.3 is 5.11 Å². The number of unbranched alkanes of at least 4 members (excludes halogenated alkanes) is 5. The van der Waals surface area contributed by atoms with E-state index < -0.39 is 0 Å². The zero-order valence-corrected chi connectivity index (χ0v) is 11.8. The van der Waals surface area contributed by atoms with E-state index in [0.29, 0.717) is 5.75 Å². The van der Waals surface area contributed by atoms with Crippen molar-refractivity contribution >= 4 is 6.08 Å². The molecular weight excluding hydrogens is 220 g/mol. The van der Waals surface area contributed by atoms with E-state index in [9.17, 15) is 5.11 Å². The Balaban J connectivity index is 2.43. The maximum atomic E-state index is 9.82. The summed E-state index contributed by atoms with van der Waals surface area (Å²) >= 11 is 0. The number of benzene rings is 1. The van der Waals surface area contributed by atoms with E-state index >= 15 is 0 Å². The maximum Gasteiger partial charge on any atom is 0.125 e. The maximum absolute atomic E-state index is 9.82. The molecule has 1 aromatic carbocycles. The normalized spacial score (nSPS) is 10.6. The van der Waals surface area contributed by atoms with Crippen LogP contribution in [0.3, 0.4) is 0 Å². The van der Waals surface area contributed by atoms with E-state index in [4.69, 9.17) is 0 Å². The highest BCUT2D eigenvalue weighted by Gasteiger charge is 2.04. The van der Waals surface area contributed by atoms with Gasteiger partial charge in [-0.3, -0.25) is 0 Å². The third kappa shape index (κ3) is 4.56. The van der Waals surface area contributed by atoms with Crippen LogP contribution in [-0.4, -0.2) is 5.11 Å². The molecule has 1 nitrogen and oxygen atoms in total. The SMILES string of the molecule is C=Cc1cc(CCCCCCCC)cc(C)c1O. The van der Waals surface area contributed by atoms with Crippen LogP contribution in [0.25, 0.3) is 6.08 Å². The van der Waals surface area contributed by atoms with Crippen LogP contribution < -0.4 is 0 Å². The molecule has 1 N–H and O–H groups in total. The van der Waals surface area contributed by atoms with Crippen molar-refractivity contribution in [2.45, 2.75) is 58.8 Å². The van der Waals surface area contributed by atoms with Gasteiger partial charge in [0.1, 0.15) is 5.75 Å². The number of hydrogen-bond acceptors (Lipinski definition) is 1. The first-order valence-electron chi connectivity index (χ1n) is 7.14. The quantitative estimate of drug-likeness (QED) is 0.621. The highest BCUT2D eigenvalue weighted by atomic mass is 16.3. The summed E-state index contributed by atoms with van der Waals surface area (Å²) in [6.45, 7) is 7.94. The molecule has 0 saturated carbocycles. The van der Waals surface area contributed by atoms with Crippen LogP contribution in [0, 0.1) is 6.92 Å². The predicted octanol–water partition coefficient (Wildman–Crippen LogP) is 5.25. The van der Waals surface area contributed by atoms with Gasteiger partial charge in [-0.1, -0.05) is 57.7 Å². The number of hydrogen-bond donors (Lipinski definition) is 1. The van der Waals surface area contributed by atoms with Crippen LogP contribution in [0.15, 0.2) is 18.7 Å². The van der Waals surface area contributed by atoms with Crippen molar-refractivity contribution in [1.29, 1.82) is 0 Å². The fourth-order valence-electron chi connectivity index (χ4n) is 2.29. The lowest BCUT2D eigenvalue weighted by Crippen LogP contribution is -1.90. The summed E-state index contributed by atoms with van der Waals surface area (Å²) in [5.41, 5.74) is 3.13. The van der Waals surface area contributed by atoms with Crippen molar-refractivity contribution in [3.05, 3.63) is 35.4 Å². The van der Waals surface area contributed by atoms with Gasteiger partial charge in [-0.15, -0.1) is 0 Å². The summed E-state index contributed by atoms with van der Waals surface area (Å²) in [6, 6.07) is 4.15. The van der Waals surface area contributed by atoms with Gasteiger partial charge in [0.2, 0.25) is 0 Å². The molecule has 0 amide bonds. The Labute approximate surface area is 112 Å². The first-order chi connectivity index (χ1) is 8.69. The lowest BCUT2D eigenvalue weighted by atomic mass is 10.00. The molecule has 0 unspecified atom stereocenters. The fraction of sp³-hybridized carbons (Fsp3) is 0.529. The lowest BCUT2D eigenvalue weighted by Gasteiger charge is -2.08. The van der Waals surface area contributed by atoms with E-state index in [2.05, 4.69) is 25.6 Å². The molecule has 100 valence electrons. The summed E-state index contributed by atoms with van der Waals surface area (Å²) in [5.74, 6) is 0.372. The topological polar surface area (TPSA) is 20.2 Å². The van der Waals surface area contributed by atoms with Crippen LogP contribution >= 0.6 is 0 Å². The van der Waals surface area contributed by atoms with Crippen LogP contribution in [0.4, 0.5) is 0 Å². The molecule has 1 heteroatoms. The number of rotatable bonds is 8. The minimum Gasteiger partial charge on any atom is -0.507 e. The lowest BCUT2D eigenvalue weighted by molar-refractivity contribution is 0.469. The van der Waals surface area contributed by atoms with Gasteiger partial charge >= 0.3 is 0 Å². The molecule has 1 aromatic rings. The molecule has 0 aromatic heterocycles. The highest BCUT2D eigenvalue weighted by Crippen LogP contribution is 2.25. The minimum absolute atomic E-state index is 0.372. The van der Waals surface area contributed by atoms with Gasteiger partial charge in [-0.05, 0) is 37.0 Å². The molecule has 0 saturated heterocycles. The zero-order valence-electron chi connectivity index (χ0n) is 11.8. The zero-order chi connectivity index (χ0) is 13.4. The summed E-state index contributed by atoms with van der Waals surface area (Å²) in [5, 5.41) is 9.82. The Morgan fingerprint density at radius 3 is 2.44 bits per heavy atom. The Bertz CT molecular complexity index is 379. The van der Waals surface area contributed by atoms with E-state index in [0.717, 1.165) is 17.5 Å². The van der Waals surface area contributed by atoms with Crippen LogP contribution in [0.2, 0.25) is 0 Å². The molecule has 0 aliphatic carbocycles. The largest absolute Gasteiger partial charge is 0.507 e. The van der Waals surface area contributed by atoms with Gasteiger partial charge in [-0.25, -0.2) is 0 Å². The van der Waals surface area contributed by atoms with Crippen molar-refractivity contribution < 1.29 is 5.11 Å². The molecule has 18 heavy (non-hydrogen) atoms. The van der Waals surface area contributed by atoms with Crippen molar-refractivity contribution in [2.75, 3.05) is 0 Å². The second-order valence-electron chi connectivity index (χ2n) is 5.07. The van der Waals surface area contributed by atoms with Gasteiger partial charge in [0.15, 0.2) is 0 Å².